The van der Waals surface area contributed by atoms with E-state index >= 15 is 0 Å². The van der Waals surface area contributed by atoms with Crippen molar-refractivity contribution in [3.8, 4) is 0 Å². The Kier molecular flexibility index (Phi) is 8.41. The van der Waals surface area contributed by atoms with E-state index in [1.54, 1.807) is 24.1 Å². The maximum absolute atomic E-state index is 12.3. The van der Waals surface area contributed by atoms with Gasteiger partial charge in [0, 0.05) is 16.3 Å². The average molecular weight is 407 g/mol. The number of rotatable bonds is 9. The van der Waals surface area contributed by atoms with Gasteiger partial charge in [-0.3, -0.25) is 14.5 Å². The molecule has 0 aliphatic carbocycles. The molecule has 0 aromatic heterocycles. The second kappa shape index (κ2) is 10.8. The number of para-hydroxylation sites is 1. The van der Waals surface area contributed by atoms with E-state index in [-0.39, 0.29) is 24.9 Å². The lowest BCUT2D eigenvalue weighted by Crippen LogP contribution is -2.36. The Bertz CT molecular complexity index is 800. The quantitative estimate of drug-likeness (QED) is 0.615. The highest BCUT2D eigenvalue weighted by Crippen LogP contribution is 2.26. The van der Waals surface area contributed by atoms with Crippen LogP contribution in [0.15, 0.2) is 53.4 Å². The summed E-state index contributed by atoms with van der Waals surface area (Å²) >= 11 is 0.448. The van der Waals surface area contributed by atoms with Crippen molar-refractivity contribution in [1.82, 2.24) is 4.90 Å². The van der Waals surface area contributed by atoms with Crippen molar-refractivity contribution in [3.63, 3.8) is 0 Å². The number of alkyl halides is 2. The third-order valence-corrected chi connectivity index (χ3v) is 4.59. The number of hydrogen-bond acceptors (Lipinski definition) is 4. The first kappa shape index (κ1) is 21.8. The molecular formula is C20H23F2N3O2S. The number of halogens is 2. The number of carbonyl (C=O) groups is 2. The monoisotopic (exact) mass is 407 g/mol. The molecule has 0 atom stereocenters. The number of amides is 2. The lowest BCUT2D eigenvalue weighted by Gasteiger charge is -2.17. The van der Waals surface area contributed by atoms with E-state index in [0.717, 1.165) is 17.7 Å². The van der Waals surface area contributed by atoms with Crippen molar-refractivity contribution in [2.75, 3.05) is 30.8 Å². The van der Waals surface area contributed by atoms with Crippen LogP contribution in [0.2, 0.25) is 0 Å². The van der Waals surface area contributed by atoms with E-state index in [0.29, 0.717) is 22.3 Å². The Morgan fingerprint density at radius 3 is 2.21 bits per heavy atom. The number of anilines is 2. The molecule has 0 aliphatic heterocycles. The van der Waals surface area contributed by atoms with Crippen LogP contribution < -0.4 is 10.6 Å². The van der Waals surface area contributed by atoms with E-state index in [2.05, 4.69) is 10.6 Å². The Balaban J connectivity index is 1.81. The summed E-state index contributed by atoms with van der Waals surface area (Å²) < 4.78 is 24.6. The summed E-state index contributed by atoms with van der Waals surface area (Å²) in [7, 11) is 1.67. The molecule has 2 rings (SSSR count). The van der Waals surface area contributed by atoms with Crippen molar-refractivity contribution in [2.45, 2.75) is 24.0 Å². The highest BCUT2D eigenvalue weighted by Gasteiger charge is 2.12. The Morgan fingerprint density at radius 1 is 1.00 bits per heavy atom. The van der Waals surface area contributed by atoms with Crippen LogP contribution in [0.5, 0.6) is 0 Å². The first-order chi connectivity index (χ1) is 13.4. The minimum atomic E-state index is -2.48. The maximum Gasteiger partial charge on any atom is 0.288 e. The Labute approximate surface area is 167 Å². The van der Waals surface area contributed by atoms with Gasteiger partial charge in [0.2, 0.25) is 11.8 Å². The number of thioether (sulfide) groups is 1. The van der Waals surface area contributed by atoms with Gasteiger partial charge in [-0.25, -0.2) is 0 Å². The van der Waals surface area contributed by atoms with Crippen LogP contribution in [0, 0.1) is 0 Å². The molecule has 5 nitrogen and oxygen atoms in total. The van der Waals surface area contributed by atoms with Crippen molar-refractivity contribution < 1.29 is 18.4 Å². The topological polar surface area (TPSA) is 61.4 Å². The second-order valence-electron chi connectivity index (χ2n) is 6.18. The molecule has 0 saturated heterocycles. The number of likely N-dealkylation sites (N-methyl/N-ethyl adjacent to an activating group) is 1. The van der Waals surface area contributed by atoms with Gasteiger partial charge in [-0.05, 0) is 49.4 Å². The predicted molar refractivity (Wildman–Crippen MR) is 109 cm³/mol. The van der Waals surface area contributed by atoms with E-state index in [1.165, 1.54) is 12.1 Å². The third-order valence-electron chi connectivity index (χ3n) is 3.86. The molecule has 8 heteroatoms. The first-order valence-corrected chi connectivity index (χ1v) is 9.66. The fraction of sp³-hybridized carbons (Fsp3) is 0.300. The van der Waals surface area contributed by atoms with Gasteiger partial charge in [0.25, 0.3) is 5.76 Å². The summed E-state index contributed by atoms with van der Waals surface area (Å²) in [6.45, 7) is 2.10. The molecule has 0 saturated carbocycles. The molecule has 2 amide bonds. The molecule has 0 aliphatic rings. The number of aryl methyl sites for hydroxylation is 1. The van der Waals surface area contributed by atoms with Crippen LogP contribution >= 0.6 is 11.8 Å². The van der Waals surface area contributed by atoms with Gasteiger partial charge in [0.1, 0.15) is 0 Å². The average Bonchev–Trinajstić information content (AvgIpc) is 2.63. The predicted octanol–water partition coefficient (Wildman–Crippen LogP) is 4.07. The largest absolute Gasteiger partial charge is 0.325 e. The van der Waals surface area contributed by atoms with E-state index in [1.807, 2.05) is 31.2 Å². The van der Waals surface area contributed by atoms with Crippen LogP contribution in [0.3, 0.4) is 0 Å². The number of carbonyl (C=O) groups excluding carboxylic acids is 2. The highest BCUT2D eigenvalue weighted by atomic mass is 32.2. The molecule has 0 fully saturated rings. The van der Waals surface area contributed by atoms with E-state index < -0.39 is 5.76 Å². The zero-order valence-corrected chi connectivity index (χ0v) is 16.6. The van der Waals surface area contributed by atoms with Gasteiger partial charge >= 0.3 is 0 Å². The second-order valence-corrected chi connectivity index (χ2v) is 7.25. The van der Waals surface area contributed by atoms with Crippen molar-refractivity contribution in [1.29, 1.82) is 0 Å². The van der Waals surface area contributed by atoms with Crippen LogP contribution in [-0.2, 0) is 16.0 Å². The lowest BCUT2D eigenvalue weighted by atomic mass is 10.1. The molecule has 0 heterocycles. The fourth-order valence-corrected chi connectivity index (χ4v) is 3.11. The summed E-state index contributed by atoms with van der Waals surface area (Å²) in [5, 5.41) is 5.55. The number of hydrogen-bond donors (Lipinski definition) is 2. The van der Waals surface area contributed by atoms with Gasteiger partial charge < -0.3 is 10.6 Å². The molecule has 2 aromatic rings. The zero-order valence-electron chi connectivity index (χ0n) is 15.7. The van der Waals surface area contributed by atoms with Gasteiger partial charge in [0.15, 0.2) is 0 Å². The Hall–Kier alpha value is -2.45. The maximum atomic E-state index is 12.3. The normalized spacial score (nSPS) is 10.9. The van der Waals surface area contributed by atoms with Crippen LogP contribution in [0.25, 0.3) is 0 Å². The lowest BCUT2D eigenvalue weighted by molar-refractivity contribution is -0.119. The molecular weight excluding hydrogens is 384 g/mol. The summed E-state index contributed by atoms with van der Waals surface area (Å²) in [6.07, 6.45) is 0.809. The summed E-state index contributed by atoms with van der Waals surface area (Å²) in [5.41, 5.74) is 2.33. The van der Waals surface area contributed by atoms with Crippen LogP contribution in [0.1, 0.15) is 12.5 Å². The van der Waals surface area contributed by atoms with Gasteiger partial charge in [-0.2, -0.15) is 8.78 Å². The van der Waals surface area contributed by atoms with Gasteiger partial charge in [-0.15, -0.1) is 0 Å². The minimum absolute atomic E-state index is 0.0242. The van der Waals surface area contributed by atoms with Crippen molar-refractivity contribution in [3.05, 3.63) is 54.1 Å². The molecule has 2 aromatic carbocycles. The molecule has 0 bridgehead atoms. The molecule has 150 valence electrons. The smallest absolute Gasteiger partial charge is 0.288 e. The standard InChI is InChI=1S/C20H23F2N3O2S/c1-3-14-6-4-5-7-17(14)24-19(27)13-25(2)12-18(26)23-15-8-10-16(11-9-15)28-20(21)22/h4-11,20H,3,12-13H2,1-2H3,(H,23,26)(H,24,27). The van der Waals surface area contributed by atoms with Gasteiger partial charge in [0.05, 0.1) is 13.1 Å². The number of benzene rings is 2. The zero-order chi connectivity index (χ0) is 20.5. The molecule has 0 unspecified atom stereocenters. The number of nitrogens with one attached hydrogen (secondary N) is 2. The first-order valence-electron chi connectivity index (χ1n) is 8.78. The highest BCUT2D eigenvalue weighted by molar-refractivity contribution is 7.99. The number of nitrogens with zero attached hydrogens (tertiary/aromatic N) is 1. The van der Waals surface area contributed by atoms with Gasteiger partial charge in [-0.1, -0.05) is 36.9 Å². The van der Waals surface area contributed by atoms with Crippen molar-refractivity contribution >= 4 is 35.0 Å². The SMILES string of the molecule is CCc1ccccc1NC(=O)CN(C)CC(=O)Nc1ccc(SC(F)F)cc1. The molecule has 2 N–H and O–H groups in total. The van der Waals surface area contributed by atoms with E-state index in [4.69, 9.17) is 0 Å². The molecule has 0 spiro atoms. The summed E-state index contributed by atoms with van der Waals surface area (Å²) in [6, 6.07) is 13.8. The summed E-state index contributed by atoms with van der Waals surface area (Å²) in [5.74, 6) is -2.98. The van der Waals surface area contributed by atoms with Crippen LogP contribution in [0.4, 0.5) is 20.2 Å². The van der Waals surface area contributed by atoms with Crippen molar-refractivity contribution in [2.24, 2.45) is 0 Å². The molecule has 0 radical (unpaired) electrons. The minimum Gasteiger partial charge on any atom is -0.325 e. The van der Waals surface area contributed by atoms with Crippen LogP contribution in [-0.4, -0.2) is 42.6 Å². The summed E-state index contributed by atoms with van der Waals surface area (Å²) in [4.78, 5) is 26.3. The Morgan fingerprint density at radius 2 is 1.61 bits per heavy atom. The van der Waals surface area contributed by atoms with E-state index in [9.17, 15) is 18.4 Å². The fourth-order valence-electron chi connectivity index (χ4n) is 2.61. The molecule has 28 heavy (non-hydrogen) atoms. The third kappa shape index (κ3) is 7.28.